The van der Waals surface area contributed by atoms with Gasteiger partial charge < -0.3 is 25.0 Å². The lowest BCUT2D eigenvalue weighted by Crippen LogP contribution is -2.56. The van der Waals surface area contributed by atoms with Crippen LogP contribution in [0.4, 0.5) is 5.69 Å². The first-order valence-corrected chi connectivity index (χ1v) is 10.5. The number of hydrogen-bond donors (Lipinski definition) is 2. The van der Waals surface area contributed by atoms with Crippen LogP contribution in [0, 0.1) is 0 Å². The van der Waals surface area contributed by atoms with Crippen LogP contribution in [0.5, 0.6) is 5.75 Å². The van der Waals surface area contributed by atoms with E-state index in [1.54, 1.807) is 18.1 Å². The highest BCUT2D eigenvalue weighted by Gasteiger charge is 2.29. The topological polar surface area (TPSA) is 95.0 Å². The minimum absolute atomic E-state index is 0.205. The van der Waals surface area contributed by atoms with Gasteiger partial charge in [-0.25, -0.2) is 4.98 Å². The highest BCUT2D eigenvalue weighted by Crippen LogP contribution is 2.28. The van der Waals surface area contributed by atoms with Crippen LogP contribution in [0.1, 0.15) is 10.5 Å². The van der Waals surface area contributed by atoms with Crippen molar-refractivity contribution < 1.29 is 19.4 Å². The van der Waals surface area contributed by atoms with Crippen molar-refractivity contribution in [2.45, 2.75) is 6.04 Å². The van der Waals surface area contributed by atoms with Gasteiger partial charge in [0.2, 0.25) is 5.91 Å². The summed E-state index contributed by atoms with van der Waals surface area (Å²) in [7, 11) is 1.64. The zero-order valence-electron chi connectivity index (χ0n) is 17.9. The minimum Gasteiger partial charge on any atom is -0.495 e. The summed E-state index contributed by atoms with van der Waals surface area (Å²) in [5, 5.41) is 13.3. The van der Waals surface area contributed by atoms with Crippen LogP contribution in [-0.4, -0.2) is 72.7 Å². The molecule has 2 N–H and O–H groups in total. The highest BCUT2D eigenvalue weighted by atomic mass is 16.5. The van der Waals surface area contributed by atoms with E-state index in [1.165, 1.54) is 0 Å². The maximum Gasteiger partial charge on any atom is 0.270 e. The van der Waals surface area contributed by atoms with Crippen LogP contribution in [0.25, 0.3) is 10.9 Å². The van der Waals surface area contributed by atoms with Crippen LogP contribution >= 0.6 is 0 Å². The number of anilines is 1. The van der Waals surface area contributed by atoms with Crippen molar-refractivity contribution in [1.82, 2.24) is 15.2 Å². The largest absolute Gasteiger partial charge is 0.495 e. The number of aromatic nitrogens is 1. The molecule has 2 amide bonds. The zero-order valence-corrected chi connectivity index (χ0v) is 17.9. The van der Waals surface area contributed by atoms with E-state index in [0.29, 0.717) is 31.7 Å². The van der Waals surface area contributed by atoms with Crippen molar-refractivity contribution >= 4 is 28.4 Å². The van der Waals surface area contributed by atoms with Gasteiger partial charge in [-0.05, 0) is 24.3 Å². The molecular weight excluding hydrogens is 408 g/mol. The Kier molecular flexibility index (Phi) is 6.51. The third-order valence-electron chi connectivity index (χ3n) is 5.63. The van der Waals surface area contributed by atoms with Crippen LogP contribution < -0.4 is 15.0 Å². The van der Waals surface area contributed by atoms with E-state index in [1.807, 2.05) is 54.6 Å². The quantitative estimate of drug-likeness (QED) is 0.613. The fraction of sp³-hybridized carbons (Fsp3) is 0.292. The number of rotatable bonds is 6. The fourth-order valence-electron chi connectivity index (χ4n) is 3.89. The monoisotopic (exact) mass is 434 g/mol. The number of piperazine rings is 1. The van der Waals surface area contributed by atoms with Crippen molar-refractivity contribution in [3.05, 3.63) is 66.4 Å². The van der Waals surface area contributed by atoms with Gasteiger partial charge in [0, 0.05) is 31.6 Å². The number of pyridine rings is 1. The number of benzene rings is 2. The van der Waals surface area contributed by atoms with E-state index >= 15 is 0 Å². The Labute approximate surface area is 186 Å². The Balaban J connectivity index is 1.39. The molecule has 2 heterocycles. The number of nitrogens with one attached hydrogen (secondary N) is 1. The molecule has 3 aromatic rings. The van der Waals surface area contributed by atoms with E-state index in [0.717, 1.165) is 16.8 Å². The average Bonchev–Trinajstić information content (AvgIpc) is 2.86. The molecule has 0 spiro atoms. The third-order valence-corrected chi connectivity index (χ3v) is 5.63. The normalized spacial score (nSPS) is 14.8. The molecule has 1 aliphatic rings. The van der Waals surface area contributed by atoms with Crippen LogP contribution in [0.3, 0.4) is 0 Å². The molecule has 1 atom stereocenters. The van der Waals surface area contributed by atoms with Gasteiger partial charge in [-0.2, -0.15) is 0 Å². The standard InChI is InChI=1S/C24H26N4O4/c1-32-22-9-5-4-8-21(22)27-12-14-28(15-13-27)24(31)20(16-29)26-23(30)19-11-10-17-6-2-3-7-18(17)25-19/h2-11,20,29H,12-16H2,1H3,(H,26,30). The molecule has 166 valence electrons. The van der Waals surface area contributed by atoms with E-state index < -0.39 is 18.6 Å². The van der Waals surface area contributed by atoms with Crippen LogP contribution in [-0.2, 0) is 4.79 Å². The Bertz CT molecular complexity index is 1110. The molecule has 1 unspecified atom stereocenters. The van der Waals surface area contributed by atoms with E-state index in [2.05, 4.69) is 15.2 Å². The smallest absolute Gasteiger partial charge is 0.270 e. The number of ether oxygens (including phenoxy) is 1. The Morgan fingerprint density at radius 1 is 1.03 bits per heavy atom. The second kappa shape index (κ2) is 9.65. The second-order valence-corrected chi connectivity index (χ2v) is 7.58. The number of amides is 2. The molecular formula is C24H26N4O4. The Hall–Kier alpha value is -3.65. The Morgan fingerprint density at radius 3 is 2.50 bits per heavy atom. The van der Waals surface area contributed by atoms with Crippen molar-refractivity contribution in [3.63, 3.8) is 0 Å². The van der Waals surface area contributed by atoms with Gasteiger partial charge in [0.05, 0.1) is 24.9 Å². The molecule has 8 heteroatoms. The molecule has 1 aromatic heterocycles. The molecule has 1 fully saturated rings. The number of methoxy groups -OCH3 is 1. The van der Waals surface area contributed by atoms with Crippen LogP contribution in [0.15, 0.2) is 60.7 Å². The molecule has 8 nitrogen and oxygen atoms in total. The molecule has 2 aromatic carbocycles. The van der Waals surface area contributed by atoms with E-state index in [9.17, 15) is 14.7 Å². The first-order chi connectivity index (χ1) is 15.6. The summed E-state index contributed by atoms with van der Waals surface area (Å²) in [6, 6.07) is 17.7. The predicted octanol–water partition coefficient (Wildman–Crippen LogP) is 1.68. The van der Waals surface area contributed by atoms with E-state index in [4.69, 9.17) is 4.74 Å². The minimum atomic E-state index is -1.02. The summed E-state index contributed by atoms with van der Waals surface area (Å²) in [4.78, 5) is 33.8. The summed E-state index contributed by atoms with van der Waals surface area (Å²) in [6.07, 6.45) is 0. The molecule has 1 aliphatic heterocycles. The maximum atomic E-state index is 13.0. The van der Waals surface area contributed by atoms with E-state index in [-0.39, 0.29) is 11.6 Å². The number of para-hydroxylation sites is 3. The van der Waals surface area contributed by atoms with Crippen molar-refractivity contribution in [3.8, 4) is 5.75 Å². The molecule has 0 bridgehead atoms. The van der Waals surface area contributed by atoms with Gasteiger partial charge in [-0.15, -0.1) is 0 Å². The number of carbonyl (C=O) groups is 2. The number of fused-ring (bicyclic) bond motifs is 1. The molecule has 32 heavy (non-hydrogen) atoms. The number of hydrogen-bond acceptors (Lipinski definition) is 6. The predicted molar refractivity (Wildman–Crippen MR) is 122 cm³/mol. The lowest BCUT2D eigenvalue weighted by molar-refractivity contribution is -0.134. The van der Waals surface area contributed by atoms with Crippen molar-refractivity contribution in [1.29, 1.82) is 0 Å². The van der Waals surface area contributed by atoms with Gasteiger partial charge in [0.25, 0.3) is 5.91 Å². The zero-order chi connectivity index (χ0) is 22.5. The van der Waals surface area contributed by atoms with Gasteiger partial charge in [0.1, 0.15) is 17.5 Å². The van der Waals surface area contributed by atoms with Crippen molar-refractivity contribution in [2.75, 3.05) is 44.8 Å². The lowest BCUT2D eigenvalue weighted by Gasteiger charge is -2.37. The Morgan fingerprint density at radius 2 is 1.75 bits per heavy atom. The third kappa shape index (κ3) is 4.50. The van der Waals surface area contributed by atoms with Gasteiger partial charge in [0.15, 0.2) is 0 Å². The number of aliphatic hydroxyl groups is 1. The summed E-state index contributed by atoms with van der Waals surface area (Å²) < 4.78 is 5.43. The van der Waals surface area contributed by atoms with Gasteiger partial charge in [-0.3, -0.25) is 9.59 Å². The summed E-state index contributed by atoms with van der Waals surface area (Å²) in [5.41, 5.74) is 1.88. The lowest BCUT2D eigenvalue weighted by atomic mass is 10.1. The number of aliphatic hydroxyl groups excluding tert-OH is 1. The molecule has 0 aliphatic carbocycles. The molecule has 0 radical (unpaired) electrons. The highest BCUT2D eigenvalue weighted by molar-refractivity contribution is 5.97. The molecule has 1 saturated heterocycles. The first kappa shape index (κ1) is 21.6. The molecule has 0 saturated carbocycles. The summed E-state index contributed by atoms with van der Waals surface area (Å²) in [5.74, 6) is -0.00668. The second-order valence-electron chi connectivity index (χ2n) is 7.58. The van der Waals surface area contributed by atoms with Gasteiger partial charge in [-0.1, -0.05) is 36.4 Å². The van der Waals surface area contributed by atoms with Gasteiger partial charge >= 0.3 is 0 Å². The SMILES string of the molecule is COc1ccccc1N1CCN(C(=O)C(CO)NC(=O)c2ccc3ccccc3n2)CC1. The maximum absolute atomic E-state index is 13.0. The number of nitrogens with zero attached hydrogens (tertiary/aromatic N) is 3. The first-order valence-electron chi connectivity index (χ1n) is 10.5. The fourth-order valence-corrected chi connectivity index (χ4v) is 3.89. The molecule has 4 rings (SSSR count). The van der Waals surface area contributed by atoms with Crippen molar-refractivity contribution in [2.24, 2.45) is 0 Å². The average molecular weight is 434 g/mol. The van der Waals surface area contributed by atoms with Crippen LogP contribution in [0.2, 0.25) is 0 Å². The summed E-state index contributed by atoms with van der Waals surface area (Å²) >= 11 is 0. The summed E-state index contributed by atoms with van der Waals surface area (Å²) in [6.45, 7) is 1.74. The number of carbonyl (C=O) groups excluding carboxylic acids is 2.